The van der Waals surface area contributed by atoms with Crippen molar-refractivity contribution in [1.29, 1.82) is 10.5 Å². The van der Waals surface area contributed by atoms with Gasteiger partial charge in [0.25, 0.3) is 0 Å². The Labute approximate surface area is 323 Å². The van der Waals surface area contributed by atoms with E-state index in [-0.39, 0.29) is 46.4 Å². The van der Waals surface area contributed by atoms with Gasteiger partial charge >= 0.3 is 12.1 Å². The van der Waals surface area contributed by atoms with Gasteiger partial charge in [-0.1, -0.05) is 34.8 Å². The van der Waals surface area contributed by atoms with Crippen LogP contribution in [0.2, 0.25) is 0 Å². The molecule has 2 heterocycles. The van der Waals surface area contributed by atoms with Crippen molar-refractivity contribution in [2.75, 3.05) is 21.7 Å². The van der Waals surface area contributed by atoms with Crippen LogP contribution in [-0.2, 0) is 14.4 Å². The van der Waals surface area contributed by atoms with Gasteiger partial charge in [-0.25, -0.2) is 9.97 Å². The molecule has 0 atom stereocenters. The molecule has 0 saturated heterocycles. The number of hydrogen-bond donors (Lipinski definition) is 4. The van der Waals surface area contributed by atoms with Gasteiger partial charge in [0.2, 0.25) is 11.8 Å². The van der Waals surface area contributed by atoms with E-state index in [1.54, 1.807) is 47.8 Å². The van der Waals surface area contributed by atoms with Gasteiger partial charge in [-0.2, -0.15) is 23.7 Å². The third-order valence-electron chi connectivity index (χ3n) is 8.28. The minimum Gasteiger partial charge on any atom is -0.456 e. The SMILES string of the molecule is N#Cc1c(Oc2cccc(N)c2)ccc2nc(NC(=O)C3CC3)sc12.N#Cc1c(Oc2cccc(NC(=O)C(F)(F)F)c2)ccc2nc(NC(=O)C3CC3)sc12. The highest BCUT2D eigenvalue weighted by molar-refractivity contribution is 7.23. The fourth-order valence-corrected chi connectivity index (χ4v) is 7.12. The average molecular weight is 797 g/mol. The lowest BCUT2D eigenvalue weighted by Crippen LogP contribution is -2.29. The Balaban J connectivity index is 0.000000175. The van der Waals surface area contributed by atoms with Crippen molar-refractivity contribution in [2.45, 2.75) is 31.9 Å². The molecule has 0 radical (unpaired) electrons. The van der Waals surface area contributed by atoms with Crippen LogP contribution in [0.4, 0.5) is 34.8 Å². The predicted molar refractivity (Wildman–Crippen MR) is 204 cm³/mol. The first-order valence-corrected chi connectivity index (χ1v) is 18.5. The van der Waals surface area contributed by atoms with Gasteiger partial charge in [-0.05, 0) is 74.2 Å². The lowest BCUT2D eigenvalue weighted by Gasteiger charge is -2.11. The summed E-state index contributed by atoms with van der Waals surface area (Å²) < 4.78 is 50.0. The highest BCUT2D eigenvalue weighted by Gasteiger charge is 2.38. The monoisotopic (exact) mass is 796 g/mol. The maximum Gasteiger partial charge on any atom is 0.471 e. The fourth-order valence-electron chi connectivity index (χ4n) is 5.21. The first-order valence-electron chi connectivity index (χ1n) is 16.9. The van der Waals surface area contributed by atoms with E-state index < -0.39 is 12.1 Å². The number of anilines is 4. The van der Waals surface area contributed by atoms with Crippen molar-refractivity contribution in [3.05, 3.63) is 83.9 Å². The molecule has 0 spiro atoms. The smallest absolute Gasteiger partial charge is 0.456 e. The summed E-state index contributed by atoms with van der Waals surface area (Å²) in [7, 11) is 0. The molecule has 2 aromatic heterocycles. The van der Waals surface area contributed by atoms with E-state index in [1.165, 1.54) is 41.7 Å². The molecule has 13 nitrogen and oxygen atoms in total. The Morgan fingerprint density at radius 1 is 0.714 bits per heavy atom. The van der Waals surface area contributed by atoms with Crippen LogP contribution in [0.15, 0.2) is 72.8 Å². The van der Waals surface area contributed by atoms with Crippen LogP contribution >= 0.6 is 22.7 Å². The molecule has 2 aliphatic rings. The molecule has 2 fully saturated rings. The number of nitrogens with zero attached hydrogens (tertiary/aromatic N) is 4. The molecule has 0 unspecified atom stereocenters. The maximum atomic E-state index is 12.4. The average Bonchev–Trinajstić information content (AvgIpc) is 4.10. The quantitative estimate of drug-likeness (QED) is 0.102. The van der Waals surface area contributed by atoms with Crippen LogP contribution in [-0.4, -0.2) is 33.9 Å². The van der Waals surface area contributed by atoms with Gasteiger partial charge in [0, 0.05) is 35.3 Å². The van der Waals surface area contributed by atoms with E-state index in [2.05, 4.69) is 26.7 Å². The van der Waals surface area contributed by atoms with Gasteiger partial charge in [-0.15, -0.1) is 0 Å². The minimum atomic E-state index is -5.02. The summed E-state index contributed by atoms with van der Waals surface area (Å²) in [4.78, 5) is 43.7. The number of hydrogen-bond acceptors (Lipinski definition) is 12. The molecule has 282 valence electrons. The second-order valence-corrected chi connectivity index (χ2v) is 14.6. The molecule has 2 saturated carbocycles. The number of amides is 3. The summed E-state index contributed by atoms with van der Waals surface area (Å²) in [5, 5.41) is 27.4. The van der Waals surface area contributed by atoms with Crippen LogP contribution in [0.1, 0.15) is 36.8 Å². The van der Waals surface area contributed by atoms with E-state index >= 15 is 0 Å². The second kappa shape index (κ2) is 15.5. The molecule has 0 bridgehead atoms. The molecule has 4 aromatic carbocycles. The number of halogens is 3. The summed E-state index contributed by atoms with van der Waals surface area (Å²) in [5.41, 5.74) is 7.96. The lowest BCUT2D eigenvalue weighted by molar-refractivity contribution is -0.167. The molecule has 18 heteroatoms. The number of benzene rings is 4. The number of ether oxygens (including phenoxy) is 2. The summed E-state index contributed by atoms with van der Waals surface area (Å²) in [6, 6.07) is 23.2. The zero-order valence-corrected chi connectivity index (χ0v) is 30.4. The number of carbonyl (C=O) groups is 3. The third-order valence-corrected chi connectivity index (χ3v) is 10.3. The summed E-state index contributed by atoms with van der Waals surface area (Å²) in [6.45, 7) is 0. The molecule has 0 aliphatic heterocycles. The standard InChI is InChI=1S/C20H13F3N4O3S.C18H14N4O2S/c21-20(22,23)18(29)25-11-2-1-3-12(8-11)30-15-7-6-14-16(13(15)9-24)31-19(26-14)27-17(28)10-4-5-10;19-9-13-15(24-12-3-1-2-11(20)8-12)7-6-14-16(13)25-18(21-14)22-17(23)10-4-5-10/h1-3,6-8,10H,4-5H2,(H,25,29)(H,26,27,28);1-3,6-8,10H,4-5,20H2,(H,21,22,23). The van der Waals surface area contributed by atoms with E-state index in [4.69, 9.17) is 15.2 Å². The Bertz CT molecular complexity index is 2600. The highest BCUT2D eigenvalue weighted by Crippen LogP contribution is 2.39. The Morgan fingerprint density at radius 3 is 1.64 bits per heavy atom. The topological polar surface area (TPSA) is 205 Å². The number of alkyl halides is 3. The molecular formula is C38H27F3N8O5S2. The minimum absolute atomic E-state index is 0.00574. The number of nitriles is 2. The normalized spacial score (nSPS) is 13.4. The predicted octanol–water partition coefficient (Wildman–Crippen LogP) is 8.70. The van der Waals surface area contributed by atoms with Gasteiger partial charge < -0.3 is 31.2 Å². The zero-order valence-electron chi connectivity index (χ0n) is 28.8. The van der Waals surface area contributed by atoms with Crippen molar-refractivity contribution in [2.24, 2.45) is 11.8 Å². The number of aromatic nitrogens is 2. The van der Waals surface area contributed by atoms with Gasteiger partial charge in [-0.3, -0.25) is 14.4 Å². The van der Waals surface area contributed by atoms with Crippen molar-refractivity contribution in [3.8, 4) is 35.1 Å². The number of fused-ring (bicyclic) bond motifs is 2. The van der Waals surface area contributed by atoms with Gasteiger partial charge in [0.05, 0.1) is 20.4 Å². The first-order chi connectivity index (χ1) is 26.9. The van der Waals surface area contributed by atoms with Crippen molar-refractivity contribution < 1.29 is 37.0 Å². The van der Waals surface area contributed by atoms with Crippen LogP contribution in [0, 0.1) is 34.5 Å². The Hall–Kier alpha value is -6.76. The molecule has 6 aromatic rings. The lowest BCUT2D eigenvalue weighted by atomic mass is 10.2. The van der Waals surface area contributed by atoms with E-state index in [0.717, 1.165) is 37.0 Å². The summed E-state index contributed by atoms with van der Waals surface area (Å²) >= 11 is 2.41. The van der Waals surface area contributed by atoms with Crippen LogP contribution in [0.5, 0.6) is 23.0 Å². The number of nitrogen functional groups attached to an aromatic ring is 1. The van der Waals surface area contributed by atoms with Crippen LogP contribution < -0.4 is 31.2 Å². The number of carbonyl (C=O) groups excluding carboxylic acids is 3. The van der Waals surface area contributed by atoms with E-state index in [1.807, 2.05) is 6.07 Å². The van der Waals surface area contributed by atoms with E-state index in [0.29, 0.717) is 53.4 Å². The zero-order chi connectivity index (χ0) is 39.6. The largest absolute Gasteiger partial charge is 0.471 e. The number of nitrogens with two attached hydrogens (primary N) is 1. The first kappa shape index (κ1) is 37.6. The molecule has 56 heavy (non-hydrogen) atoms. The summed E-state index contributed by atoms with van der Waals surface area (Å²) in [5.74, 6) is -0.821. The third kappa shape index (κ3) is 8.78. The number of thiazole rings is 2. The summed E-state index contributed by atoms with van der Waals surface area (Å²) in [6.07, 6.45) is -1.47. The number of rotatable bonds is 9. The molecule has 5 N–H and O–H groups in total. The Morgan fingerprint density at radius 2 is 1.20 bits per heavy atom. The van der Waals surface area contributed by atoms with Crippen LogP contribution in [0.25, 0.3) is 20.4 Å². The van der Waals surface area contributed by atoms with Crippen molar-refractivity contribution in [1.82, 2.24) is 9.97 Å². The molecular weight excluding hydrogens is 770 g/mol. The fraction of sp³-hybridized carbons (Fsp3) is 0.184. The van der Waals surface area contributed by atoms with Crippen LogP contribution in [0.3, 0.4) is 0 Å². The van der Waals surface area contributed by atoms with Crippen molar-refractivity contribution in [3.63, 3.8) is 0 Å². The molecule has 8 rings (SSSR count). The van der Waals surface area contributed by atoms with E-state index in [9.17, 15) is 38.1 Å². The highest BCUT2D eigenvalue weighted by atomic mass is 32.1. The number of nitrogens with one attached hydrogen (secondary N) is 3. The van der Waals surface area contributed by atoms with Gasteiger partial charge in [0.1, 0.15) is 46.3 Å². The Kier molecular flexibility index (Phi) is 10.4. The second-order valence-electron chi connectivity index (χ2n) is 12.6. The molecule has 3 amide bonds. The maximum absolute atomic E-state index is 12.4. The van der Waals surface area contributed by atoms with Gasteiger partial charge in [0.15, 0.2) is 10.3 Å². The van der Waals surface area contributed by atoms with Crippen molar-refractivity contribution >= 4 is 82.5 Å². The molecule has 2 aliphatic carbocycles.